The Balaban J connectivity index is 2.53. The van der Waals surface area contributed by atoms with Crippen molar-refractivity contribution in [3.8, 4) is 0 Å². The van der Waals surface area contributed by atoms with Gasteiger partial charge in [0.2, 0.25) is 5.95 Å². The van der Waals surface area contributed by atoms with E-state index >= 15 is 0 Å². The summed E-state index contributed by atoms with van der Waals surface area (Å²) in [7, 11) is 3.82. The van der Waals surface area contributed by atoms with Crippen molar-refractivity contribution in [2.24, 2.45) is 0 Å². The molecule has 1 heterocycles. The summed E-state index contributed by atoms with van der Waals surface area (Å²) in [6.45, 7) is 1.75. The standard InChI is InChI=1S/C6H12N4OS/c1-7-3-4-10(2)5-8-6(12)11-9-5/h7H,3-4H2,1-2H3,(H,8,9,12). The van der Waals surface area contributed by atoms with Crippen molar-refractivity contribution < 1.29 is 4.52 Å². The van der Waals surface area contributed by atoms with Crippen molar-refractivity contribution in [2.75, 3.05) is 32.1 Å². The summed E-state index contributed by atoms with van der Waals surface area (Å²) < 4.78 is 4.78. The van der Waals surface area contributed by atoms with Crippen LogP contribution in [0.15, 0.2) is 4.52 Å². The van der Waals surface area contributed by atoms with Crippen molar-refractivity contribution in [1.29, 1.82) is 0 Å². The molecule has 0 unspecified atom stereocenters. The lowest BCUT2D eigenvalue weighted by molar-refractivity contribution is 0.404. The van der Waals surface area contributed by atoms with Crippen molar-refractivity contribution >= 4 is 18.2 Å². The number of nitrogens with one attached hydrogen (secondary N) is 2. The molecule has 1 aromatic rings. The first-order valence-corrected chi connectivity index (χ1v) is 4.06. The summed E-state index contributed by atoms with van der Waals surface area (Å²) >= 11 is 4.71. The predicted octanol–water partition coefficient (Wildman–Crippen LogP) is 0.388. The lowest BCUT2D eigenvalue weighted by atomic mass is 10.6. The summed E-state index contributed by atoms with van der Waals surface area (Å²) in [4.78, 5) is 6.12. The first kappa shape index (κ1) is 9.21. The van der Waals surface area contributed by atoms with Crippen LogP contribution in [-0.4, -0.2) is 37.3 Å². The molecular weight excluding hydrogens is 176 g/mol. The van der Waals surface area contributed by atoms with Crippen molar-refractivity contribution in [3.63, 3.8) is 0 Å². The minimum Gasteiger partial charge on any atom is -0.346 e. The van der Waals surface area contributed by atoms with Crippen LogP contribution in [0.2, 0.25) is 0 Å². The van der Waals surface area contributed by atoms with Gasteiger partial charge in [0.15, 0.2) is 0 Å². The van der Waals surface area contributed by atoms with Crippen LogP contribution < -0.4 is 10.2 Å². The third-order valence-corrected chi connectivity index (χ3v) is 1.66. The van der Waals surface area contributed by atoms with Crippen molar-refractivity contribution in [1.82, 2.24) is 15.5 Å². The Morgan fingerprint density at radius 2 is 2.50 bits per heavy atom. The highest BCUT2D eigenvalue weighted by Gasteiger charge is 2.03. The summed E-state index contributed by atoms with van der Waals surface area (Å²) in [6, 6.07) is 0. The van der Waals surface area contributed by atoms with E-state index in [0.29, 0.717) is 5.95 Å². The van der Waals surface area contributed by atoms with E-state index in [0.717, 1.165) is 13.1 Å². The molecule has 6 heteroatoms. The number of hydrogen-bond acceptors (Lipinski definition) is 5. The second-order valence-corrected chi connectivity index (χ2v) is 2.78. The average Bonchev–Trinajstić information content (AvgIpc) is 2.47. The minimum atomic E-state index is 0.237. The van der Waals surface area contributed by atoms with E-state index in [1.807, 2.05) is 19.0 Å². The lowest BCUT2D eigenvalue weighted by Crippen LogP contribution is -2.27. The quantitative estimate of drug-likeness (QED) is 0.669. The van der Waals surface area contributed by atoms with Gasteiger partial charge in [-0.15, -0.1) is 0 Å². The first-order valence-electron chi connectivity index (χ1n) is 3.65. The molecule has 0 aliphatic heterocycles. The Hall–Kier alpha value is -0.880. The molecule has 12 heavy (non-hydrogen) atoms. The molecule has 0 spiro atoms. The molecular formula is C6H12N4OS. The lowest BCUT2D eigenvalue weighted by Gasteiger charge is -2.13. The molecule has 0 aliphatic carbocycles. The van der Waals surface area contributed by atoms with Gasteiger partial charge in [0, 0.05) is 20.1 Å². The number of anilines is 1. The minimum absolute atomic E-state index is 0.237. The maximum absolute atomic E-state index is 4.78. The second-order valence-electron chi connectivity index (χ2n) is 2.43. The predicted molar refractivity (Wildman–Crippen MR) is 48.9 cm³/mol. The van der Waals surface area contributed by atoms with Crippen LogP contribution in [0.4, 0.5) is 5.95 Å². The SMILES string of the molecule is CNCCN(C)c1nc(=S)o[nH]1. The van der Waals surface area contributed by atoms with Crippen molar-refractivity contribution in [2.45, 2.75) is 0 Å². The fourth-order valence-electron chi connectivity index (χ4n) is 0.770. The van der Waals surface area contributed by atoms with E-state index in [1.165, 1.54) is 0 Å². The Bertz CT molecular complexity index is 281. The number of likely N-dealkylation sites (N-methyl/N-ethyl adjacent to an activating group) is 2. The number of nitrogens with zero attached hydrogens (tertiary/aromatic N) is 2. The van der Waals surface area contributed by atoms with Gasteiger partial charge < -0.3 is 14.7 Å². The zero-order valence-corrected chi connectivity index (χ0v) is 7.94. The zero-order chi connectivity index (χ0) is 8.97. The van der Waals surface area contributed by atoms with Crippen LogP contribution in [0, 0.1) is 4.84 Å². The van der Waals surface area contributed by atoms with Gasteiger partial charge in [0.05, 0.1) is 0 Å². The van der Waals surface area contributed by atoms with E-state index < -0.39 is 0 Å². The molecule has 0 atom stereocenters. The largest absolute Gasteiger partial charge is 0.346 e. The molecule has 68 valence electrons. The van der Waals surface area contributed by atoms with Crippen LogP contribution in [0.1, 0.15) is 0 Å². The molecule has 0 saturated heterocycles. The fraction of sp³-hybridized carbons (Fsp3) is 0.667. The normalized spacial score (nSPS) is 10.2. The van der Waals surface area contributed by atoms with Gasteiger partial charge in [0.25, 0.3) is 0 Å². The highest BCUT2D eigenvalue weighted by Crippen LogP contribution is 2.02. The van der Waals surface area contributed by atoms with E-state index in [-0.39, 0.29) is 4.84 Å². The Morgan fingerprint density at radius 3 is 3.00 bits per heavy atom. The smallest absolute Gasteiger partial charge is 0.315 e. The first-order chi connectivity index (χ1) is 5.74. The molecule has 1 aromatic heterocycles. The Labute approximate surface area is 75.7 Å². The van der Waals surface area contributed by atoms with Gasteiger partial charge in [0.1, 0.15) is 0 Å². The van der Waals surface area contributed by atoms with E-state index in [2.05, 4.69) is 15.5 Å². The van der Waals surface area contributed by atoms with E-state index in [9.17, 15) is 0 Å². The van der Waals surface area contributed by atoms with Gasteiger partial charge in [-0.1, -0.05) is 0 Å². The summed E-state index contributed by atoms with van der Waals surface area (Å²) in [5.74, 6) is 0.662. The third-order valence-electron chi connectivity index (χ3n) is 1.49. The molecule has 0 amide bonds. The van der Waals surface area contributed by atoms with E-state index in [1.54, 1.807) is 0 Å². The molecule has 0 aliphatic rings. The molecule has 0 fully saturated rings. The van der Waals surface area contributed by atoms with Gasteiger partial charge in [-0.25, -0.2) is 0 Å². The number of rotatable bonds is 4. The molecule has 0 radical (unpaired) electrons. The van der Waals surface area contributed by atoms with Gasteiger partial charge in [-0.3, -0.25) is 0 Å². The topological polar surface area (TPSA) is 57.1 Å². The van der Waals surface area contributed by atoms with Gasteiger partial charge in [-0.05, 0) is 19.3 Å². The summed E-state index contributed by atoms with van der Waals surface area (Å²) in [5.41, 5.74) is 0. The Morgan fingerprint density at radius 1 is 1.75 bits per heavy atom. The van der Waals surface area contributed by atoms with Crippen molar-refractivity contribution in [3.05, 3.63) is 4.84 Å². The number of hydrogen-bond donors (Lipinski definition) is 2. The maximum atomic E-state index is 4.78. The Kier molecular flexibility index (Phi) is 3.24. The molecule has 0 aromatic carbocycles. The van der Waals surface area contributed by atoms with Crippen LogP contribution in [0.25, 0.3) is 0 Å². The zero-order valence-electron chi connectivity index (χ0n) is 7.13. The monoisotopic (exact) mass is 188 g/mol. The van der Waals surface area contributed by atoms with Gasteiger partial charge >= 0.3 is 4.84 Å². The van der Waals surface area contributed by atoms with Crippen LogP contribution in [-0.2, 0) is 0 Å². The van der Waals surface area contributed by atoms with Crippen LogP contribution >= 0.6 is 12.2 Å². The van der Waals surface area contributed by atoms with Crippen LogP contribution in [0.3, 0.4) is 0 Å². The van der Waals surface area contributed by atoms with E-state index in [4.69, 9.17) is 16.7 Å². The van der Waals surface area contributed by atoms with Crippen LogP contribution in [0.5, 0.6) is 0 Å². The third kappa shape index (κ3) is 2.31. The number of H-pyrrole nitrogens is 1. The average molecular weight is 188 g/mol. The van der Waals surface area contributed by atoms with Gasteiger partial charge in [-0.2, -0.15) is 10.1 Å². The molecule has 5 nitrogen and oxygen atoms in total. The molecule has 0 saturated carbocycles. The second kappa shape index (κ2) is 4.22. The number of aromatic nitrogens is 2. The number of aromatic amines is 1. The highest BCUT2D eigenvalue weighted by molar-refractivity contribution is 7.71. The molecule has 2 N–H and O–H groups in total. The highest BCUT2D eigenvalue weighted by atomic mass is 32.1. The molecule has 1 rings (SSSR count). The maximum Gasteiger partial charge on any atom is 0.315 e. The molecule has 0 bridgehead atoms. The summed E-state index contributed by atoms with van der Waals surface area (Å²) in [6.07, 6.45) is 0. The summed E-state index contributed by atoms with van der Waals surface area (Å²) in [5, 5.41) is 5.66. The fourth-order valence-corrected chi connectivity index (χ4v) is 0.898.